The maximum atomic E-state index is 13.0. The molecule has 3 rings (SSSR count). The van der Waals surface area contributed by atoms with E-state index in [1.54, 1.807) is 17.9 Å². The fourth-order valence-corrected chi connectivity index (χ4v) is 5.15. The SMILES string of the molecule is COc1ccc(/C=C/C(=O)OC(C)C(=O)N2CCCC2)cc1S(=O)(=O)N1CCOCC1. The highest BCUT2D eigenvalue weighted by molar-refractivity contribution is 7.89. The van der Waals surface area contributed by atoms with Gasteiger partial charge in [-0.3, -0.25) is 4.79 Å². The number of likely N-dealkylation sites (tertiary alicyclic amines) is 1. The number of esters is 1. The molecule has 0 bridgehead atoms. The molecule has 2 saturated heterocycles. The van der Waals surface area contributed by atoms with Crippen LogP contribution in [-0.4, -0.2) is 82.1 Å². The second-order valence-electron chi connectivity index (χ2n) is 7.37. The molecule has 2 aliphatic heterocycles. The van der Waals surface area contributed by atoms with Gasteiger partial charge >= 0.3 is 5.97 Å². The quantitative estimate of drug-likeness (QED) is 0.454. The van der Waals surface area contributed by atoms with E-state index in [4.69, 9.17) is 14.2 Å². The van der Waals surface area contributed by atoms with Crippen LogP contribution in [0.25, 0.3) is 6.08 Å². The number of carbonyl (C=O) groups excluding carboxylic acids is 2. The highest BCUT2D eigenvalue weighted by atomic mass is 32.2. The lowest BCUT2D eigenvalue weighted by Gasteiger charge is -2.26. The smallest absolute Gasteiger partial charge is 0.331 e. The Labute approximate surface area is 182 Å². The van der Waals surface area contributed by atoms with E-state index in [-0.39, 0.29) is 29.6 Å². The van der Waals surface area contributed by atoms with Crippen LogP contribution in [0.3, 0.4) is 0 Å². The fourth-order valence-electron chi connectivity index (χ4n) is 3.55. The monoisotopic (exact) mass is 452 g/mol. The second kappa shape index (κ2) is 10.3. The molecule has 0 N–H and O–H groups in total. The summed E-state index contributed by atoms with van der Waals surface area (Å²) in [4.78, 5) is 26.1. The maximum absolute atomic E-state index is 13.0. The number of amides is 1. The van der Waals surface area contributed by atoms with Crippen LogP contribution in [0.5, 0.6) is 5.75 Å². The first-order chi connectivity index (χ1) is 14.8. The van der Waals surface area contributed by atoms with Crippen LogP contribution in [0.1, 0.15) is 25.3 Å². The minimum atomic E-state index is -3.78. The molecule has 2 heterocycles. The Morgan fingerprint density at radius 2 is 1.81 bits per heavy atom. The van der Waals surface area contributed by atoms with Crippen LogP contribution in [0, 0.1) is 0 Å². The molecule has 10 heteroatoms. The van der Waals surface area contributed by atoms with Gasteiger partial charge < -0.3 is 19.1 Å². The minimum Gasteiger partial charge on any atom is -0.495 e. The van der Waals surface area contributed by atoms with Gasteiger partial charge in [0, 0.05) is 32.3 Å². The van der Waals surface area contributed by atoms with Gasteiger partial charge in [0.2, 0.25) is 10.0 Å². The number of benzene rings is 1. The Kier molecular flexibility index (Phi) is 7.69. The van der Waals surface area contributed by atoms with E-state index < -0.39 is 22.1 Å². The van der Waals surface area contributed by atoms with Crippen molar-refractivity contribution in [1.29, 1.82) is 0 Å². The van der Waals surface area contributed by atoms with E-state index >= 15 is 0 Å². The average Bonchev–Trinajstić information content (AvgIpc) is 3.32. The van der Waals surface area contributed by atoms with Gasteiger partial charge in [0.1, 0.15) is 10.6 Å². The van der Waals surface area contributed by atoms with E-state index in [1.165, 1.54) is 35.7 Å². The predicted octanol–water partition coefficient (Wildman–Crippen LogP) is 1.28. The number of morpholine rings is 1. The third-order valence-corrected chi connectivity index (χ3v) is 7.17. The molecule has 0 aromatic heterocycles. The Morgan fingerprint density at radius 1 is 1.13 bits per heavy atom. The standard InChI is InChI=1S/C21H28N2O7S/c1-16(21(25)22-9-3-4-10-22)30-20(24)8-6-17-5-7-18(28-2)19(15-17)31(26,27)23-11-13-29-14-12-23/h5-8,15-16H,3-4,9-14H2,1-2H3/b8-6+. The van der Waals surface area contributed by atoms with Gasteiger partial charge in [-0.2, -0.15) is 4.31 Å². The van der Waals surface area contributed by atoms with E-state index in [2.05, 4.69) is 0 Å². The fraction of sp³-hybridized carbons (Fsp3) is 0.524. The molecular formula is C21H28N2O7S. The first kappa shape index (κ1) is 23.2. The average molecular weight is 453 g/mol. The molecule has 1 aromatic rings. The van der Waals surface area contributed by atoms with Gasteiger partial charge in [0.05, 0.1) is 20.3 Å². The van der Waals surface area contributed by atoms with Crippen LogP contribution in [0.4, 0.5) is 0 Å². The molecule has 0 saturated carbocycles. The number of rotatable bonds is 7. The lowest BCUT2D eigenvalue weighted by Crippen LogP contribution is -2.40. The highest BCUT2D eigenvalue weighted by Crippen LogP contribution is 2.29. The van der Waals surface area contributed by atoms with Gasteiger partial charge in [-0.1, -0.05) is 6.07 Å². The number of sulfonamides is 1. The molecule has 2 fully saturated rings. The molecular weight excluding hydrogens is 424 g/mol. The number of hydrogen-bond donors (Lipinski definition) is 0. The number of hydrogen-bond acceptors (Lipinski definition) is 7. The van der Waals surface area contributed by atoms with Crippen LogP contribution >= 0.6 is 0 Å². The van der Waals surface area contributed by atoms with Crippen molar-refractivity contribution in [2.24, 2.45) is 0 Å². The summed E-state index contributed by atoms with van der Waals surface area (Å²) < 4.78 is 43.1. The summed E-state index contributed by atoms with van der Waals surface area (Å²) in [5, 5.41) is 0. The first-order valence-corrected chi connectivity index (χ1v) is 11.7. The van der Waals surface area contributed by atoms with Crippen LogP contribution < -0.4 is 4.74 Å². The highest BCUT2D eigenvalue weighted by Gasteiger charge is 2.29. The lowest BCUT2D eigenvalue weighted by molar-refractivity contribution is -0.154. The van der Waals surface area contributed by atoms with Gasteiger partial charge in [-0.25, -0.2) is 13.2 Å². The van der Waals surface area contributed by atoms with E-state index in [9.17, 15) is 18.0 Å². The molecule has 0 aliphatic carbocycles. The van der Waals surface area contributed by atoms with E-state index in [1.807, 2.05) is 0 Å². The molecule has 1 unspecified atom stereocenters. The van der Waals surface area contributed by atoms with E-state index in [0.29, 0.717) is 31.9 Å². The molecule has 1 atom stereocenters. The zero-order valence-electron chi connectivity index (χ0n) is 17.8. The summed E-state index contributed by atoms with van der Waals surface area (Å²) in [6.45, 7) is 4.11. The van der Waals surface area contributed by atoms with Crippen molar-refractivity contribution in [2.45, 2.75) is 30.8 Å². The number of ether oxygens (including phenoxy) is 3. The second-order valence-corrected chi connectivity index (χ2v) is 9.28. The van der Waals surface area contributed by atoms with Gasteiger partial charge in [-0.05, 0) is 43.5 Å². The van der Waals surface area contributed by atoms with Crippen LogP contribution in [0.2, 0.25) is 0 Å². The zero-order chi connectivity index (χ0) is 22.4. The van der Waals surface area contributed by atoms with Crippen molar-refractivity contribution < 1.29 is 32.2 Å². The van der Waals surface area contributed by atoms with Crippen molar-refractivity contribution in [3.8, 4) is 5.75 Å². The van der Waals surface area contributed by atoms with Crippen LogP contribution in [-0.2, 0) is 29.1 Å². The summed E-state index contributed by atoms with van der Waals surface area (Å²) in [6.07, 6.45) is 3.68. The third kappa shape index (κ3) is 5.63. The van der Waals surface area contributed by atoms with Gasteiger partial charge in [0.15, 0.2) is 6.10 Å². The maximum Gasteiger partial charge on any atom is 0.331 e. The molecule has 0 radical (unpaired) electrons. The molecule has 0 spiro atoms. The Hall–Kier alpha value is -2.43. The molecule has 2 aliphatic rings. The molecule has 170 valence electrons. The topological polar surface area (TPSA) is 102 Å². The molecule has 31 heavy (non-hydrogen) atoms. The number of carbonyl (C=O) groups is 2. The summed E-state index contributed by atoms with van der Waals surface area (Å²) in [6, 6.07) is 4.63. The summed E-state index contributed by atoms with van der Waals surface area (Å²) in [5.74, 6) is -0.660. The largest absolute Gasteiger partial charge is 0.495 e. The minimum absolute atomic E-state index is 0.0185. The summed E-state index contributed by atoms with van der Waals surface area (Å²) in [5.41, 5.74) is 0.489. The van der Waals surface area contributed by atoms with Crippen molar-refractivity contribution in [1.82, 2.24) is 9.21 Å². The van der Waals surface area contributed by atoms with Crippen molar-refractivity contribution in [3.63, 3.8) is 0 Å². The predicted molar refractivity (Wildman–Crippen MR) is 113 cm³/mol. The van der Waals surface area contributed by atoms with Crippen molar-refractivity contribution in [2.75, 3.05) is 46.5 Å². The number of nitrogens with zero attached hydrogens (tertiary/aromatic N) is 2. The zero-order valence-corrected chi connectivity index (χ0v) is 18.6. The van der Waals surface area contributed by atoms with E-state index in [0.717, 1.165) is 12.8 Å². The molecule has 9 nitrogen and oxygen atoms in total. The third-order valence-electron chi connectivity index (χ3n) is 5.25. The summed E-state index contributed by atoms with van der Waals surface area (Å²) in [7, 11) is -2.38. The van der Waals surface area contributed by atoms with Crippen LogP contribution in [0.15, 0.2) is 29.2 Å². The lowest BCUT2D eigenvalue weighted by atomic mass is 10.2. The first-order valence-electron chi connectivity index (χ1n) is 10.3. The number of methoxy groups -OCH3 is 1. The Morgan fingerprint density at radius 3 is 2.45 bits per heavy atom. The normalized spacial score (nSPS) is 18.8. The Balaban J connectivity index is 1.71. The Bertz CT molecular complexity index is 933. The molecule has 1 aromatic carbocycles. The van der Waals surface area contributed by atoms with Gasteiger partial charge in [-0.15, -0.1) is 0 Å². The molecule has 1 amide bonds. The summed E-state index contributed by atoms with van der Waals surface area (Å²) >= 11 is 0. The van der Waals surface area contributed by atoms with Gasteiger partial charge in [0.25, 0.3) is 5.91 Å². The van der Waals surface area contributed by atoms with Crippen molar-refractivity contribution in [3.05, 3.63) is 29.8 Å². The van der Waals surface area contributed by atoms with Crippen molar-refractivity contribution >= 4 is 28.0 Å².